The zero-order valence-corrected chi connectivity index (χ0v) is 13.9. The lowest BCUT2D eigenvalue weighted by molar-refractivity contribution is 0.234. The summed E-state index contributed by atoms with van der Waals surface area (Å²) in [6, 6.07) is 10.2. The highest BCUT2D eigenvalue weighted by Crippen LogP contribution is 2.19. The highest BCUT2D eigenvalue weighted by molar-refractivity contribution is 7.90. The molecule has 2 aromatic rings. The van der Waals surface area contributed by atoms with Crippen molar-refractivity contribution in [2.45, 2.75) is 17.9 Å². The number of pyridine rings is 1. The smallest absolute Gasteiger partial charge is 0.179 e. The molecule has 1 aromatic carbocycles. The number of rotatable bonds is 6. The Morgan fingerprint density at radius 3 is 2.59 bits per heavy atom. The largest absolute Gasteiger partial charge is 0.489 e. The number of benzene rings is 1. The van der Waals surface area contributed by atoms with Gasteiger partial charge in [0.2, 0.25) is 0 Å². The summed E-state index contributed by atoms with van der Waals surface area (Å²) in [7, 11) is -3.33. The number of aromatic nitrogens is 1. The van der Waals surface area contributed by atoms with E-state index in [0.717, 1.165) is 6.26 Å². The molecule has 0 aliphatic carbocycles. The Labute approximate surface area is 135 Å². The fraction of sp³-hybridized carbons (Fsp3) is 0.267. The number of anilines is 1. The van der Waals surface area contributed by atoms with Gasteiger partial charge in [0.15, 0.2) is 9.84 Å². The van der Waals surface area contributed by atoms with Crippen LogP contribution >= 0.6 is 11.6 Å². The van der Waals surface area contributed by atoms with Crippen molar-refractivity contribution in [2.75, 3.05) is 18.1 Å². The van der Waals surface area contributed by atoms with E-state index in [1.807, 2.05) is 6.92 Å². The van der Waals surface area contributed by atoms with Crippen molar-refractivity contribution in [3.05, 3.63) is 47.6 Å². The maximum Gasteiger partial charge on any atom is 0.179 e. The number of hydrogen-bond acceptors (Lipinski definition) is 5. The first-order chi connectivity index (χ1) is 10.4. The Morgan fingerprint density at radius 1 is 1.27 bits per heavy atom. The van der Waals surface area contributed by atoms with Crippen LogP contribution in [0.4, 0.5) is 5.82 Å². The lowest BCUT2D eigenvalue weighted by Crippen LogP contribution is -2.23. The molecule has 2 rings (SSSR count). The second kappa shape index (κ2) is 6.98. The van der Waals surface area contributed by atoms with Gasteiger partial charge in [-0.3, -0.25) is 0 Å². The Kier molecular flexibility index (Phi) is 5.26. The van der Waals surface area contributed by atoms with Crippen LogP contribution in [0.15, 0.2) is 47.5 Å². The summed E-state index contributed by atoms with van der Waals surface area (Å²) in [5.74, 6) is 1.03. The molecule has 5 nitrogen and oxygen atoms in total. The molecule has 0 aliphatic rings. The third kappa shape index (κ3) is 4.61. The van der Waals surface area contributed by atoms with Crippen LogP contribution in [-0.2, 0) is 9.84 Å². The Morgan fingerprint density at radius 2 is 1.95 bits per heavy atom. The van der Waals surface area contributed by atoms with Gasteiger partial charge >= 0.3 is 0 Å². The molecule has 0 amide bonds. The Hall–Kier alpha value is -1.79. The summed E-state index contributed by atoms with van der Waals surface area (Å²) in [4.78, 5) is 4.25. The van der Waals surface area contributed by atoms with Gasteiger partial charge in [0.1, 0.15) is 22.6 Å². The van der Waals surface area contributed by atoms with Crippen LogP contribution in [0, 0.1) is 0 Å². The van der Waals surface area contributed by atoms with E-state index in [2.05, 4.69) is 10.3 Å². The van der Waals surface area contributed by atoms with Gasteiger partial charge in [-0.25, -0.2) is 13.4 Å². The summed E-state index contributed by atoms with van der Waals surface area (Å²) in [6.07, 6.45) is 2.53. The van der Waals surface area contributed by atoms with E-state index in [4.69, 9.17) is 16.3 Å². The molecular weight excluding hydrogens is 324 g/mol. The molecule has 0 bridgehead atoms. The molecule has 1 atom stereocenters. The third-order valence-corrected chi connectivity index (χ3v) is 4.26. The topological polar surface area (TPSA) is 68.3 Å². The minimum Gasteiger partial charge on any atom is -0.489 e. The minimum absolute atomic E-state index is 0.171. The van der Waals surface area contributed by atoms with Crippen LogP contribution in [-0.4, -0.2) is 32.3 Å². The molecule has 1 heterocycles. The summed E-state index contributed by atoms with van der Waals surface area (Å²) in [5.41, 5.74) is 0. The quantitative estimate of drug-likeness (QED) is 0.875. The number of nitrogens with zero attached hydrogens (tertiary/aromatic N) is 1. The van der Waals surface area contributed by atoms with Gasteiger partial charge in [0.05, 0.1) is 6.54 Å². The average molecular weight is 341 g/mol. The van der Waals surface area contributed by atoms with Crippen molar-refractivity contribution < 1.29 is 13.2 Å². The molecule has 0 saturated heterocycles. The molecule has 0 radical (unpaired) electrons. The predicted octanol–water partition coefficient (Wildman–Crippen LogP) is 3.02. The van der Waals surface area contributed by atoms with E-state index in [-0.39, 0.29) is 11.0 Å². The second-order valence-corrected chi connectivity index (χ2v) is 7.31. The fourth-order valence-corrected chi connectivity index (χ4v) is 2.78. The molecule has 1 aromatic heterocycles. The van der Waals surface area contributed by atoms with Crippen LogP contribution in [0.5, 0.6) is 5.75 Å². The van der Waals surface area contributed by atoms with E-state index in [0.29, 0.717) is 23.1 Å². The second-order valence-electron chi connectivity index (χ2n) is 4.89. The summed E-state index contributed by atoms with van der Waals surface area (Å²) >= 11 is 5.82. The number of ether oxygens (including phenoxy) is 1. The lowest BCUT2D eigenvalue weighted by Gasteiger charge is -2.16. The van der Waals surface area contributed by atoms with Crippen molar-refractivity contribution in [1.82, 2.24) is 4.98 Å². The SMILES string of the molecule is CC(CNc1ncccc1S(C)(=O)=O)Oc1ccc(Cl)cc1. The van der Waals surface area contributed by atoms with Crippen LogP contribution in [0.2, 0.25) is 5.02 Å². The van der Waals surface area contributed by atoms with Crippen molar-refractivity contribution in [2.24, 2.45) is 0 Å². The van der Waals surface area contributed by atoms with E-state index in [9.17, 15) is 8.42 Å². The standard InChI is InChI=1S/C15H17ClN2O3S/c1-11(21-13-7-5-12(16)6-8-13)10-18-15-14(22(2,19)20)4-3-9-17-15/h3-9,11H,10H2,1-2H3,(H,17,18). The van der Waals surface area contributed by atoms with Crippen molar-refractivity contribution in [3.8, 4) is 5.75 Å². The van der Waals surface area contributed by atoms with Crippen LogP contribution < -0.4 is 10.1 Å². The summed E-state index contributed by atoms with van der Waals surface area (Å²) in [5, 5.41) is 3.65. The highest BCUT2D eigenvalue weighted by atomic mass is 35.5. The van der Waals surface area contributed by atoms with E-state index in [1.165, 1.54) is 6.07 Å². The summed E-state index contributed by atoms with van der Waals surface area (Å²) < 4.78 is 29.1. The third-order valence-electron chi connectivity index (χ3n) is 2.88. The molecular formula is C15H17ClN2O3S. The fourth-order valence-electron chi connectivity index (χ4n) is 1.85. The molecule has 1 unspecified atom stereocenters. The minimum atomic E-state index is -3.33. The van der Waals surface area contributed by atoms with Gasteiger partial charge in [-0.1, -0.05) is 11.6 Å². The first-order valence-electron chi connectivity index (χ1n) is 6.67. The molecule has 7 heteroatoms. The number of nitrogens with one attached hydrogen (secondary N) is 1. The molecule has 1 N–H and O–H groups in total. The van der Waals surface area contributed by atoms with Gasteiger partial charge in [-0.15, -0.1) is 0 Å². The molecule has 118 valence electrons. The van der Waals surface area contributed by atoms with E-state index in [1.54, 1.807) is 36.5 Å². The molecule has 0 saturated carbocycles. The lowest BCUT2D eigenvalue weighted by atomic mass is 10.3. The van der Waals surface area contributed by atoms with Gasteiger partial charge < -0.3 is 10.1 Å². The zero-order chi connectivity index (χ0) is 16.2. The number of sulfone groups is 1. The Balaban J connectivity index is 2.00. The normalized spacial score (nSPS) is 12.7. The van der Waals surface area contributed by atoms with Gasteiger partial charge in [0, 0.05) is 17.5 Å². The molecule has 22 heavy (non-hydrogen) atoms. The molecule has 0 fully saturated rings. The highest BCUT2D eigenvalue weighted by Gasteiger charge is 2.14. The number of hydrogen-bond donors (Lipinski definition) is 1. The van der Waals surface area contributed by atoms with E-state index >= 15 is 0 Å². The van der Waals surface area contributed by atoms with Gasteiger partial charge in [-0.05, 0) is 43.3 Å². The first kappa shape index (κ1) is 16.6. The zero-order valence-electron chi connectivity index (χ0n) is 12.3. The molecule has 0 spiro atoms. The van der Waals surface area contributed by atoms with Crippen molar-refractivity contribution >= 4 is 27.3 Å². The van der Waals surface area contributed by atoms with Crippen LogP contribution in [0.25, 0.3) is 0 Å². The number of halogens is 1. The summed E-state index contributed by atoms with van der Waals surface area (Å²) in [6.45, 7) is 2.30. The van der Waals surface area contributed by atoms with Crippen molar-refractivity contribution in [1.29, 1.82) is 0 Å². The van der Waals surface area contributed by atoms with Gasteiger partial charge in [0.25, 0.3) is 0 Å². The predicted molar refractivity (Wildman–Crippen MR) is 87.4 cm³/mol. The average Bonchev–Trinajstić information content (AvgIpc) is 2.47. The van der Waals surface area contributed by atoms with Crippen LogP contribution in [0.3, 0.4) is 0 Å². The van der Waals surface area contributed by atoms with Crippen molar-refractivity contribution in [3.63, 3.8) is 0 Å². The van der Waals surface area contributed by atoms with Crippen LogP contribution in [0.1, 0.15) is 6.92 Å². The maximum atomic E-state index is 11.7. The van der Waals surface area contributed by atoms with E-state index < -0.39 is 9.84 Å². The first-order valence-corrected chi connectivity index (χ1v) is 8.94. The van der Waals surface area contributed by atoms with Gasteiger partial charge in [-0.2, -0.15) is 0 Å². The molecule has 0 aliphatic heterocycles. The monoisotopic (exact) mass is 340 g/mol. The maximum absolute atomic E-state index is 11.7. The Bertz CT molecular complexity index is 733.